The van der Waals surface area contributed by atoms with E-state index < -0.39 is 0 Å². The Hall–Kier alpha value is -1.61. The molecule has 0 saturated carbocycles. The number of benzene rings is 1. The Bertz CT molecular complexity index is 517. The Kier molecular flexibility index (Phi) is 4.74. The van der Waals surface area contributed by atoms with E-state index in [1.807, 2.05) is 18.2 Å². The van der Waals surface area contributed by atoms with Gasteiger partial charge in [-0.25, -0.2) is 4.98 Å². The van der Waals surface area contributed by atoms with E-state index in [0.29, 0.717) is 13.2 Å². The van der Waals surface area contributed by atoms with Crippen LogP contribution in [-0.4, -0.2) is 9.55 Å². The number of hydrogen-bond donors (Lipinski definition) is 0. The third-order valence-corrected chi connectivity index (χ3v) is 3.33. The molecule has 2 rings (SSSR count). The number of ether oxygens (including phenoxy) is 1. The van der Waals surface area contributed by atoms with Crippen LogP contribution in [0, 0.1) is 13.8 Å². The molecule has 19 heavy (non-hydrogen) atoms. The maximum absolute atomic E-state index is 5.78. The van der Waals surface area contributed by atoms with Gasteiger partial charge in [-0.15, -0.1) is 0 Å². The van der Waals surface area contributed by atoms with Gasteiger partial charge in [-0.1, -0.05) is 37.3 Å². The van der Waals surface area contributed by atoms with E-state index in [-0.39, 0.29) is 0 Å². The molecule has 1 heterocycles. The van der Waals surface area contributed by atoms with Crippen molar-refractivity contribution in [3.05, 3.63) is 53.1 Å². The van der Waals surface area contributed by atoms with E-state index in [4.69, 9.17) is 4.74 Å². The van der Waals surface area contributed by atoms with Gasteiger partial charge in [-0.2, -0.15) is 0 Å². The predicted octanol–water partition coefficient (Wildman–Crippen LogP) is 3.63. The third-order valence-electron chi connectivity index (χ3n) is 3.33. The van der Waals surface area contributed by atoms with Crippen molar-refractivity contribution in [2.75, 3.05) is 0 Å². The predicted molar refractivity (Wildman–Crippen MR) is 76.9 cm³/mol. The average molecular weight is 258 g/mol. The highest BCUT2D eigenvalue weighted by atomic mass is 16.5. The summed E-state index contributed by atoms with van der Waals surface area (Å²) in [6, 6.07) is 10.2. The molecule has 0 fully saturated rings. The largest absolute Gasteiger partial charge is 0.369 e. The monoisotopic (exact) mass is 258 g/mol. The maximum atomic E-state index is 5.78. The molecular formula is C16H22N2O. The van der Waals surface area contributed by atoms with Gasteiger partial charge in [0.15, 0.2) is 0 Å². The fourth-order valence-electron chi connectivity index (χ4n) is 2.19. The van der Waals surface area contributed by atoms with Crippen LogP contribution in [0.5, 0.6) is 0 Å². The lowest BCUT2D eigenvalue weighted by Gasteiger charge is -2.09. The fourth-order valence-corrected chi connectivity index (χ4v) is 2.19. The highest BCUT2D eigenvalue weighted by Crippen LogP contribution is 2.13. The summed E-state index contributed by atoms with van der Waals surface area (Å²) in [5.74, 6) is 1.03. The second kappa shape index (κ2) is 6.53. The molecule has 0 amide bonds. The number of imidazole rings is 1. The van der Waals surface area contributed by atoms with E-state index in [2.05, 4.69) is 42.5 Å². The van der Waals surface area contributed by atoms with Crippen LogP contribution in [0.2, 0.25) is 0 Å². The van der Waals surface area contributed by atoms with Crippen LogP contribution >= 0.6 is 0 Å². The van der Waals surface area contributed by atoms with Crippen LogP contribution in [-0.2, 0) is 24.5 Å². The average Bonchev–Trinajstić information content (AvgIpc) is 2.68. The van der Waals surface area contributed by atoms with Crippen LogP contribution in [0.15, 0.2) is 30.3 Å². The van der Waals surface area contributed by atoms with E-state index in [0.717, 1.165) is 24.5 Å². The minimum absolute atomic E-state index is 0.573. The lowest BCUT2D eigenvalue weighted by Crippen LogP contribution is -2.07. The molecule has 0 atom stereocenters. The Morgan fingerprint density at radius 3 is 2.53 bits per heavy atom. The van der Waals surface area contributed by atoms with E-state index in [9.17, 15) is 0 Å². The van der Waals surface area contributed by atoms with Crippen molar-refractivity contribution in [1.29, 1.82) is 0 Å². The van der Waals surface area contributed by atoms with Crippen molar-refractivity contribution in [2.45, 2.75) is 47.0 Å². The first-order chi connectivity index (χ1) is 9.22. The summed E-state index contributed by atoms with van der Waals surface area (Å²) >= 11 is 0. The zero-order valence-electron chi connectivity index (χ0n) is 12.0. The van der Waals surface area contributed by atoms with E-state index in [1.54, 1.807) is 0 Å². The minimum atomic E-state index is 0.573. The fraction of sp³-hybridized carbons (Fsp3) is 0.438. The Morgan fingerprint density at radius 1 is 1.11 bits per heavy atom. The lowest BCUT2D eigenvalue weighted by molar-refractivity contribution is 0.0991. The van der Waals surface area contributed by atoms with Gasteiger partial charge in [0.2, 0.25) is 0 Å². The smallest absolute Gasteiger partial charge is 0.135 e. The first kappa shape index (κ1) is 13.8. The summed E-state index contributed by atoms with van der Waals surface area (Å²) in [5, 5.41) is 0. The summed E-state index contributed by atoms with van der Waals surface area (Å²) in [6.07, 6.45) is 1.11. The standard InChI is InChI=1S/C16H22N2O/c1-4-10-18-14(3)13(2)17-16(18)12-19-11-15-8-6-5-7-9-15/h5-9H,4,10-12H2,1-3H3. The van der Waals surface area contributed by atoms with Crippen molar-refractivity contribution >= 4 is 0 Å². The molecule has 0 saturated heterocycles. The molecule has 3 nitrogen and oxygen atoms in total. The number of hydrogen-bond acceptors (Lipinski definition) is 2. The molecule has 0 radical (unpaired) electrons. The molecule has 0 unspecified atom stereocenters. The zero-order valence-corrected chi connectivity index (χ0v) is 12.0. The van der Waals surface area contributed by atoms with Gasteiger partial charge in [-0.3, -0.25) is 0 Å². The molecule has 2 aromatic rings. The molecule has 3 heteroatoms. The van der Waals surface area contributed by atoms with E-state index in [1.165, 1.54) is 11.3 Å². The highest BCUT2D eigenvalue weighted by molar-refractivity contribution is 5.15. The Labute approximate surface area is 115 Å². The normalized spacial score (nSPS) is 10.9. The Morgan fingerprint density at radius 2 is 1.84 bits per heavy atom. The first-order valence-electron chi connectivity index (χ1n) is 6.86. The summed E-state index contributed by atoms with van der Waals surface area (Å²) in [4.78, 5) is 4.60. The van der Waals surface area contributed by atoms with E-state index >= 15 is 0 Å². The van der Waals surface area contributed by atoms with Crippen molar-refractivity contribution in [1.82, 2.24) is 9.55 Å². The van der Waals surface area contributed by atoms with Crippen molar-refractivity contribution in [3.8, 4) is 0 Å². The molecule has 0 aliphatic rings. The maximum Gasteiger partial charge on any atom is 0.135 e. The number of rotatable bonds is 6. The third kappa shape index (κ3) is 3.44. The van der Waals surface area contributed by atoms with Gasteiger partial charge in [0.05, 0.1) is 12.3 Å². The van der Waals surface area contributed by atoms with Crippen LogP contribution in [0.25, 0.3) is 0 Å². The van der Waals surface area contributed by atoms with Crippen molar-refractivity contribution in [3.63, 3.8) is 0 Å². The first-order valence-corrected chi connectivity index (χ1v) is 6.86. The SMILES string of the molecule is CCCn1c(COCc2ccccc2)nc(C)c1C. The second-order valence-corrected chi connectivity index (χ2v) is 4.83. The van der Waals surface area contributed by atoms with Gasteiger partial charge in [0.25, 0.3) is 0 Å². The molecule has 102 valence electrons. The van der Waals surface area contributed by atoms with Gasteiger partial charge >= 0.3 is 0 Å². The van der Waals surface area contributed by atoms with Crippen LogP contribution in [0.3, 0.4) is 0 Å². The lowest BCUT2D eigenvalue weighted by atomic mass is 10.2. The highest BCUT2D eigenvalue weighted by Gasteiger charge is 2.10. The minimum Gasteiger partial charge on any atom is -0.369 e. The number of aryl methyl sites for hydroxylation is 1. The molecule has 0 bridgehead atoms. The Balaban J connectivity index is 1.97. The summed E-state index contributed by atoms with van der Waals surface area (Å²) < 4.78 is 8.04. The molecule has 0 aliphatic heterocycles. The van der Waals surface area contributed by atoms with Gasteiger partial charge < -0.3 is 9.30 Å². The summed E-state index contributed by atoms with van der Waals surface area (Å²) in [6.45, 7) is 8.59. The van der Waals surface area contributed by atoms with Crippen LogP contribution in [0.4, 0.5) is 0 Å². The quantitative estimate of drug-likeness (QED) is 0.791. The molecule has 0 N–H and O–H groups in total. The summed E-state index contributed by atoms with van der Waals surface area (Å²) in [5.41, 5.74) is 3.55. The van der Waals surface area contributed by atoms with Crippen molar-refractivity contribution in [2.24, 2.45) is 0 Å². The zero-order chi connectivity index (χ0) is 13.7. The van der Waals surface area contributed by atoms with Gasteiger partial charge in [0, 0.05) is 12.2 Å². The number of aromatic nitrogens is 2. The topological polar surface area (TPSA) is 27.1 Å². The second-order valence-electron chi connectivity index (χ2n) is 4.83. The van der Waals surface area contributed by atoms with Crippen LogP contribution in [0.1, 0.15) is 36.1 Å². The molecular weight excluding hydrogens is 236 g/mol. The molecule has 0 spiro atoms. The molecule has 1 aromatic carbocycles. The summed E-state index contributed by atoms with van der Waals surface area (Å²) in [7, 11) is 0. The van der Waals surface area contributed by atoms with Crippen LogP contribution < -0.4 is 0 Å². The van der Waals surface area contributed by atoms with Crippen molar-refractivity contribution < 1.29 is 4.74 Å². The molecule has 1 aromatic heterocycles. The molecule has 0 aliphatic carbocycles. The van der Waals surface area contributed by atoms with Gasteiger partial charge in [-0.05, 0) is 25.8 Å². The number of nitrogens with zero attached hydrogens (tertiary/aromatic N) is 2. The van der Waals surface area contributed by atoms with Gasteiger partial charge in [0.1, 0.15) is 12.4 Å².